The van der Waals surface area contributed by atoms with Crippen LogP contribution in [0, 0.1) is 17.8 Å². The van der Waals surface area contributed by atoms with E-state index in [9.17, 15) is 4.79 Å². The molecule has 0 aliphatic heterocycles. The third-order valence-corrected chi connectivity index (χ3v) is 6.58. The van der Waals surface area contributed by atoms with Crippen molar-refractivity contribution in [2.75, 3.05) is 21.3 Å². The van der Waals surface area contributed by atoms with Crippen LogP contribution in [-0.4, -0.2) is 32.8 Å². The van der Waals surface area contributed by atoms with Gasteiger partial charge in [0.05, 0.1) is 21.3 Å². The lowest BCUT2D eigenvalue weighted by molar-refractivity contribution is -0.122. The SMILES string of the molecule is COc1cc(OC)c(OC)cc1/C=C/C(=O)NC12CC3CC(CC(C3)C1)C2. The number of rotatable bonds is 6. The molecule has 1 N–H and O–H groups in total. The molecule has 1 amide bonds. The molecule has 5 heteroatoms. The molecule has 4 bridgehead atoms. The summed E-state index contributed by atoms with van der Waals surface area (Å²) in [5, 5.41) is 3.36. The molecule has 5 nitrogen and oxygen atoms in total. The Balaban J connectivity index is 1.49. The molecule has 146 valence electrons. The molecule has 0 heterocycles. The van der Waals surface area contributed by atoms with E-state index >= 15 is 0 Å². The van der Waals surface area contributed by atoms with Crippen molar-refractivity contribution in [3.05, 3.63) is 23.8 Å². The van der Waals surface area contributed by atoms with E-state index in [2.05, 4.69) is 5.32 Å². The first-order chi connectivity index (χ1) is 13.0. The Morgan fingerprint density at radius 2 is 1.44 bits per heavy atom. The molecule has 27 heavy (non-hydrogen) atoms. The molecule has 4 saturated carbocycles. The zero-order chi connectivity index (χ0) is 19.0. The number of hydrogen-bond acceptors (Lipinski definition) is 4. The molecule has 4 aliphatic rings. The maximum atomic E-state index is 12.7. The number of carbonyl (C=O) groups is 1. The lowest BCUT2D eigenvalue weighted by atomic mass is 9.53. The molecular formula is C22H29NO4. The van der Waals surface area contributed by atoms with Gasteiger partial charge in [0.15, 0.2) is 11.5 Å². The van der Waals surface area contributed by atoms with Crippen LogP contribution in [0.25, 0.3) is 6.08 Å². The van der Waals surface area contributed by atoms with Crippen molar-refractivity contribution in [2.45, 2.75) is 44.1 Å². The van der Waals surface area contributed by atoms with E-state index in [1.807, 2.05) is 6.07 Å². The van der Waals surface area contributed by atoms with Crippen molar-refractivity contribution >= 4 is 12.0 Å². The number of carbonyl (C=O) groups excluding carboxylic acids is 1. The third-order valence-electron chi connectivity index (χ3n) is 6.58. The van der Waals surface area contributed by atoms with E-state index in [1.54, 1.807) is 39.5 Å². The van der Waals surface area contributed by atoms with Gasteiger partial charge in [0.1, 0.15) is 5.75 Å². The highest BCUT2D eigenvalue weighted by Crippen LogP contribution is 2.55. The van der Waals surface area contributed by atoms with Crippen LogP contribution in [0.4, 0.5) is 0 Å². The maximum Gasteiger partial charge on any atom is 0.244 e. The normalized spacial score (nSPS) is 31.1. The van der Waals surface area contributed by atoms with E-state index in [4.69, 9.17) is 14.2 Å². The van der Waals surface area contributed by atoms with Gasteiger partial charge >= 0.3 is 0 Å². The van der Waals surface area contributed by atoms with Gasteiger partial charge in [0.25, 0.3) is 0 Å². The Hall–Kier alpha value is -2.17. The molecule has 1 aromatic carbocycles. The molecule has 0 aromatic heterocycles. The molecule has 0 radical (unpaired) electrons. The summed E-state index contributed by atoms with van der Waals surface area (Å²) in [6, 6.07) is 3.60. The van der Waals surface area contributed by atoms with Crippen LogP contribution >= 0.6 is 0 Å². The summed E-state index contributed by atoms with van der Waals surface area (Å²) in [7, 11) is 4.79. The number of ether oxygens (including phenoxy) is 3. The molecule has 0 spiro atoms. The van der Waals surface area contributed by atoms with Gasteiger partial charge in [-0.2, -0.15) is 0 Å². The fraction of sp³-hybridized carbons (Fsp3) is 0.591. The van der Waals surface area contributed by atoms with Gasteiger partial charge in [0.2, 0.25) is 5.91 Å². The summed E-state index contributed by atoms with van der Waals surface area (Å²) in [6.07, 6.45) is 11.0. The lowest BCUT2D eigenvalue weighted by Crippen LogP contribution is -2.59. The van der Waals surface area contributed by atoms with Gasteiger partial charge in [-0.1, -0.05) is 0 Å². The molecule has 4 aliphatic carbocycles. The minimum atomic E-state index is -0.0196. The van der Waals surface area contributed by atoms with E-state index in [-0.39, 0.29) is 11.4 Å². The highest BCUT2D eigenvalue weighted by Gasteiger charge is 2.51. The highest BCUT2D eigenvalue weighted by molar-refractivity contribution is 5.92. The van der Waals surface area contributed by atoms with Crippen molar-refractivity contribution < 1.29 is 19.0 Å². The molecule has 1 aromatic rings. The molecular weight excluding hydrogens is 342 g/mol. The highest BCUT2D eigenvalue weighted by atomic mass is 16.5. The second-order valence-electron chi connectivity index (χ2n) is 8.47. The quantitative estimate of drug-likeness (QED) is 0.773. The topological polar surface area (TPSA) is 56.8 Å². The fourth-order valence-corrected chi connectivity index (χ4v) is 5.92. The van der Waals surface area contributed by atoms with Gasteiger partial charge in [-0.25, -0.2) is 0 Å². The Bertz CT molecular complexity index is 720. The predicted molar refractivity (Wildman–Crippen MR) is 104 cm³/mol. The number of nitrogens with one attached hydrogen (secondary N) is 1. The van der Waals surface area contributed by atoms with E-state index in [1.165, 1.54) is 19.3 Å². The summed E-state index contributed by atoms with van der Waals surface area (Å²) in [4.78, 5) is 12.7. The lowest BCUT2D eigenvalue weighted by Gasteiger charge is -2.56. The molecule has 0 atom stereocenters. The molecule has 0 saturated heterocycles. The minimum absolute atomic E-state index is 0.0196. The van der Waals surface area contributed by atoms with Gasteiger partial charge in [-0.15, -0.1) is 0 Å². The summed E-state index contributed by atoms with van der Waals surface area (Å²) < 4.78 is 16.1. The number of methoxy groups -OCH3 is 3. The molecule has 5 rings (SSSR count). The van der Waals surface area contributed by atoms with Gasteiger partial charge in [0, 0.05) is 23.2 Å². The monoisotopic (exact) mass is 371 g/mol. The van der Waals surface area contributed by atoms with Gasteiger partial charge in [-0.05, 0) is 68.4 Å². The third kappa shape index (κ3) is 3.52. The van der Waals surface area contributed by atoms with Crippen LogP contribution in [0.3, 0.4) is 0 Å². The van der Waals surface area contributed by atoms with Crippen LogP contribution in [0.15, 0.2) is 18.2 Å². The first-order valence-electron chi connectivity index (χ1n) is 9.84. The second-order valence-corrected chi connectivity index (χ2v) is 8.47. The van der Waals surface area contributed by atoms with Gasteiger partial charge in [-0.3, -0.25) is 4.79 Å². The zero-order valence-corrected chi connectivity index (χ0v) is 16.4. The van der Waals surface area contributed by atoms with Crippen molar-refractivity contribution in [2.24, 2.45) is 17.8 Å². The molecule has 4 fully saturated rings. The fourth-order valence-electron chi connectivity index (χ4n) is 5.92. The summed E-state index contributed by atoms with van der Waals surface area (Å²) in [6.45, 7) is 0. The smallest absolute Gasteiger partial charge is 0.244 e. The summed E-state index contributed by atoms with van der Waals surface area (Å²) in [5.41, 5.74) is 0.813. The minimum Gasteiger partial charge on any atom is -0.496 e. The van der Waals surface area contributed by atoms with E-state index in [0.717, 1.165) is 42.6 Å². The Morgan fingerprint density at radius 1 is 0.926 bits per heavy atom. The van der Waals surface area contributed by atoms with Crippen LogP contribution in [-0.2, 0) is 4.79 Å². The van der Waals surface area contributed by atoms with Crippen molar-refractivity contribution in [1.29, 1.82) is 0 Å². The number of benzene rings is 1. The largest absolute Gasteiger partial charge is 0.496 e. The Labute approximate surface area is 161 Å². The van der Waals surface area contributed by atoms with Crippen LogP contribution < -0.4 is 19.5 Å². The first kappa shape index (κ1) is 18.2. The van der Waals surface area contributed by atoms with Crippen LogP contribution in [0.1, 0.15) is 44.1 Å². The predicted octanol–water partition coefficient (Wildman–Crippen LogP) is 3.81. The Kier molecular flexibility index (Phi) is 4.79. The zero-order valence-electron chi connectivity index (χ0n) is 16.4. The summed E-state index contributed by atoms with van der Waals surface area (Å²) in [5.74, 6) is 4.27. The maximum absolute atomic E-state index is 12.7. The Morgan fingerprint density at radius 3 is 1.96 bits per heavy atom. The number of amides is 1. The van der Waals surface area contributed by atoms with Crippen molar-refractivity contribution in [1.82, 2.24) is 5.32 Å². The van der Waals surface area contributed by atoms with Crippen molar-refractivity contribution in [3.8, 4) is 17.2 Å². The average Bonchev–Trinajstić information content (AvgIpc) is 2.64. The van der Waals surface area contributed by atoms with Gasteiger partial charge < -0.3 is 19.5 Å². The first-order valence-corrected chi connectivity index (χ1v) is 9.84. The average molecular weight is 371 g/mol. The summed E-state index contributed by atoms with van der Waals surface area (Å²) >= 11 is 0. The number of hydrogen-bond donors (Lipinski definition) is 1. The molecule has 0 unspecified atom stereocenters. The second kappa shape index (κ2) is 7.10. The van der Waals surface area contributed by atoms with Crippen LogP contribution in [0.5, 0.6) is 17.2 Å². The standard InChI is InChI=1S/C22H29NO4/c1-25-18-10-20(27-3)19(26-2)9-17(18)4-5-21(24)23-22-11-14-6-15(12-22)8-16(7-14)13-22/h4-5,9-10,14-16H,6-8,11-13H2,1-3H3,(H,23,24)/b5-4+. The van der Waals surface area contributed by atoms with Crippen LogP contribution in [0.2, 0.25) is 0 Å². The van der Waals surface area contributed by atoms with E-state index in [0.29, 0.717) is 17.2 Å². The van der Waals surface area contributed by atoms with Crippen molar-refractivity contribution in [3.63, 3.8) is 0 Å². The van der Waals surface area contributed by atoms with E-state index < -0.39 is 0 Å².